The van der Waals surface area contributed by atoms with Gasteiger partial charge in [0.2, 0.25) is 11.8 Å². The normalized spacial score (nSPS) is 39.5. The van der Waals surface area contributed by atoms with Crippen molar-refractivity contribution in [1.82, 2.24) is 10.2 Å². The summed E-state index contributed by atoms with van der Waals surface area (Å²) in [5, 5.41) is 3.37. The second kappa shape index (κ2) is 5.23. The average molecular weight is 264 g/mol. The predicted molar refractivity (Wildman–Crippen MR) is 72.3 cm³/mol. The van der Waals surface area contributed by atoms with Crippen LogP contribution in [-0.2, 0) is 9.59 Å². The molecule has 4 atom stereocenters. The quantitative estimate of drug-likeness (QED) is 0.767. The lowest BCUT2D eigenvalue weighted by Gasteiger charge is -2.32. The number of nitrogens with one attached hydrogen (secondary N) is 1. The van der Waals surface area contributed by atoms with Gasteiger partial charge in [0, 0.05) is 6.54 Å². The van der Waals surface area contributed by atoms with Crippen molar-refractivity contribution in [3.05, 3.63) is 0 Å². The summed E-state index contributed by atoms with van der Waals surface area (Å²) in [6, 6.07) is 0. The van der Waals surface area contributed by atoms with Crippen molar-refractivity contribution in [2.75, 3.05) is 19.6 Å². The molecule has 0 aromatic heterocycles. The number of amides is 2. The lowest BCUT2D eigenvalue weighted by atomic mass is 9.81. The maximum atomic E-state index is 12.4. The molecule has 2 amide bonds. The number of imide groups is 1. The Bertz CT molecular complexity index is 358. The van der Waals surface area contributed by atoms with Gasteiger partial charge in [0.05, 0.1) is 11.8 Å². The third-order valence-electron chi connectivity index (χ3n) is 5.31. The Kier molecular flexibility index (Phi) is 3.61. The summed E-state index contributed by atoms with van der Waals surface area (Å²) >= 11 is 0. The first kappa shape index (κ1) is 13.1. The Balaban J connectivity index is 1.70. The minimum atomic E-state index is 0.0123. The molecule has 3 fully saturated rings. The van der Waals surface area contributed by atoms with E-state index in [4.69, 9.17) is 0 Å². The smallest absolute Gasteiger partial charge is 0.233 e. The van der Waals surface area contributed by atoms with E-state index in [2.05, 4.69) is 12.2 Å². The summed E-state index contributed by atoms with van der Waals surface area (Å²) in [4.78, 5) is 26.4. The molecule has 0 aromatic rings. The van der Waals surface area contributed by atoms with Crippen LogP contribution in [0.25, 0.3) is 0 Å². The fourth-order valence-electron chi connectivity index (χ4n) is 3.99. The zero-order valence-electron chi connectivity index (χ0n) is 11.7. The molecular formula is C15H24N2O2. The van der Waals surface area contributed by atoms with Crippen molar-refractivity contribution in [3.63, 3.8) is 0 Å². The third kappa shape index (κ3) is 2.31. The molecule has 0 spiro atoms. The highest BCUT2D eigenvalue weighted by atomic mass is 16.2. The molecule has 2 saturated heterocycles. The highest BCUT2D eigenvalue weighted by Crippen LogP contribution is 2.38. The first-order valence-electron chi connectivity index (χ1n) is 7.74. The number of carbonyl (C=O) groups is 2. The van der Waals surface area contributed by atoms with Crippen molar-refractivity contribution in [2.24, 2.45) is 23.7 Å². The molecule has 19 heavy (non-hydrogen) atoms. The summed E-state index contributed by atoms with van der Waals surface area (Å²) in [6.45, 7) is 4.90. The zero-order valence-corrected chi connectivity index (χ0v) is 11.7. The molecule has 1 aliphatic carbocycles. The maximum Gasteiger partial charge on any atom is 0.233 e. The van der Waals surface area contributed by atoms with Gasteiger partial charge >= 0.3 is 0 Å². The van der Waals surface area contributed by atoms with E-state index in [0.29, 0.717) is 18.4 Å². The van der Waals surface area contributed by atoms with Gasteiger partial charge in [-0.15, -0.1) is 0 Å². The van der Waals surface area contributed by atoms with Gasteiger partial charge in [0.25, 0.3) is 0 Å². The fraction of sp³-hybridized carbons (Fsp3) is 0.867. The van der Waals surface area contributed by atoms with Crippen molar-refractivity contribution in [2.45, 2.75) is 39.0 Å². The number of likely N-dealkylation sites (tertiary alicyclic amines) is 1. The third-order valence-corrected chi connectivity index (χ3v) is 5.31. The van der Waals surface area contributed by atoms with Crippen molar-refractivity contribution < 1.29 is 9.59 Å². The molecular weight excluding hydrogens is 240 g/mol. The number of carbonyl (C=O) groups excluding carboxylic acids is 2. The molecule has 0 aromatic carbocycles. The predicted octanol–water partition coefficient (Wildman–Crippen LogP) is 1.41. The molecule has 4 nitrogen and oxygen atoms in total. The van der Waals surface area contributed by atoms with Gasteiger partial charge < -0.3 is 5.32 Å². The molecule has 4 unspecified atom stereocenters. The summed E-state index contributed by atoms with van der Waals surface area (Å²) in [5.74, 6) is 1.31. The van der Waals surface area contributed by atoms with E-state index in [0.717, 1.165) is 45.2 Å². The molecule has 2 heterocycles. The lowest BCUT2D eigenvalue weighted by molar-refractivity contribution is -0.141. The minimum Gasteiger partial charge on any atom is -0.316 e. The van der Waals surface area contributed by atoms with E-state index < -0.39 is 0 Å². The van der Waals surface area contributed by atoms with Crippen molar-refractivity contribution in [3.8, 4) is 0 Å². The second-order valence-corrected chi connectivity index (χ2v) is 6.51. The van der Waals surface area contributed by atoms with Gasteiger partial charge in [-0.25, -0.2) is 0 Å². The van der Waals surface area contributed by atoms with Crippen molar-refractivity contribution >= 4 is 11.8 Å². The van der Waals surface area contributed by atoms with Gasteiger partial charge in [0.1, 0.15) is 0 Å². The maximum absolute atomic E-state index is 12.4. The standard InChI is InChI=1S/C15H24N2O2/c1-10-8-16-7-6-11(10)9-17-14(18)12-4-2-3-5-13(12)15(17)19/h10-13,16H,2-9H2,1H3. The van der Waals surface area contributed by atoms with Crippen LogP contribution >= 0.6 is 0 Å². The van der Waals surface area contributed by atoms with Crippen LogP contribution in [0.2, 0.25) is 0 Å². The molecule has 0 bridgehead atoms. The van der Waals surface area contributed by atoms with Gasteiger partial charge in [-0.05, 0) is 44.2 Å². The Labute approximate surface area is 114 Å². The molecule has 1 saturated carbocycles. The highest BCUT2D eigenvalue weighted by Gasteiger charge is 2.48. The zero-order chi connectivity index (χ0) is 13.4. The minimum absolute atomic E-state index is 0.0123. The fourth-order valence-corrected chi connectivity index (χ4v) is 3.99. The lowest BCUT2D eigenvalue weighted by Crippen LogP contribution is -2.43. The van der Waals surface area contributed by atoms with E-state index in [1.165, 1.54) is 0 Å². The van der Waals surface area contributed by atoms with Crippen LogP contribution < -0.4 is 5.32 Å². The molecule has 3 rings (SSSR count). The van der Waals surface area contributed by atoms with E-state index in [1.807, 2.05) is 0 Å². The first-order chi connectivity index (χ1) is 9.18. The van der Waals surface area contributed by atoms with E-state index in [1.54, 1.807) is 4.90 Å². The Morgan fingerprint density at radius 3 is 2.32 bits per heavy atom. The molecule has 3 aliphatic rings. The van der Waals surface area contributed by atoms with Crippen LogP contribution in [0.1, 0.15) is 39.0 Å². The van der Waals surface area contributed by atoms with Gasteiger partial charge in [-0.1, -0.05) is 19.8 Å². The van der Waals surface area contributed by atoms with E-state index >= 15 is 0 Å². The van der Waals surface area contributed by atoms with Crippen LogP contribution in [0.15, 0.2) is 0 Å². The van der Waals surface area contributed by atoms with Crippen LogP contribution in [0, 0.1) is 23.7 Å². The summed E-state index contributed by atoms with van der Waals surface area (Å²) in [5.41, 5.74) is 0. The highest BCUT2D eigenvalue weighted by molar-refractivity contribution is 6.05. The van der Waals surface area contributed by atoms with Crippen LogP contribution in [0.5, 0.6) is 0 Å². The largest absolute Gasteiger partial charge is 0.316 e. The van der Waals surface area contributed by atoms with E-state index in [9.17, 15) is 9.59 Å². The SMILES string of the molecule is CC1CNCCC1CN1C(=O)C2CCCCC2C1=O. The number of hydrogen-bond donors (Lipinski definition) is 1. The molecule has 1 N–H and O–H groups in total. The van der Waals surface area contributed by atoms with Crippen LogP contribution in [0.3, 0.4) is 0 Å². The average Bonchev–Trinajstić information content (AvgIpc) is 2.67. The molecule has 106 valence electrons. The monoisotopic (exact) mass is 264 g/mol. The topological polar surface area (TPSA) is 49.4 Å². The van der Waals surface area contributed by atoms with Crippen molar-refractivity contribution in [1.29, 1.82) is 0 Å². The van der Waals surface area contributed by atoms with E-state index in [-0.39, 0.29) is 23.7 Å². The van der Waals surface area contributed by atoms with Gasteiger partial charge in [-0.3, -0.25) is 14.5 Å². The summed E-state index contributed by atoms with van der Waals surface area (Å²) in [6.07, 6.45) is 5.14. The molecule has 2 aliphatic heterocycles. The first-order valence-corrected chi connectivity index (χ1v) is 7.74. The number of rotatable bonds is 2. The number of nitrogens with zero attached hydrogens (tertiary/aromatic N) is 1. The van der Waals surface area contributed by atoms with Crippen LogP contribution in [-0.4, -0.2) is 36.3 Å². The van der Waals surface area contributed by atoms with Gasteiger partial charge in [-0.2, -0.15) is 0 Å². The molecule has 0 radical (unpaired) electrons. The number of piperidine rings is 1. The number of hydrogen-bond acceptors (Lipinski definition) is 3. The Morgan fingerprint density at radius 1 is 1.11 bits per heavy atom. The Morgan fingerprint density at radius 2 is 1.74 bits per heavy atom. The summed E-state index contributed by atoms with van der Waals surface area (Å²) in [7, 11) is 0. The number of fused-ring (bicyclic) bond motifs is 1. The second-order valence-electron chi connectivity index (χ2n) is 6.51. The van der Waals surface area contributed by atoms with Crippen LogP contribution in [0.4, 0.5) is 0 Å². The van der Waals surface area contributed by atoms with Gasteiger partial charge in [0.15, 0.2) is 0 Å². The molecule has 4 heteroatoms. The Hall–Kier alpha value is -0.900. The summed E-state index contributed by atoms with van der Waals surface area (Å²) < 4.78 is 0.